The van der Waals surface area contributed by atoms with Crippen molar-refractivity contribution in [3.8, 4) is 0 Å². The van der Waals surface area contributed by atoms with Crippen molar-refractivity contribution < 1.29 is 5.11 Å². The highest BCUT2D eigenvalue weighted by Gasteiger charge is 2.16. The average Bonchev–Trinajstić information content (AvgIpc) is 2.48. The first-order chi connectivity index (χ1) is 9.35. The van der Waals surface area contributed by atoms with E-state index < -0.39 is 0 Å². The molecule has 0 radical (unpaired) electrons. The minimum Gasteiger partial charge on any atom is -0.397 e. The highest BCUT2D eigenvalue weighted by Crippen LogP contribution is 2.36. The molecule has 2 heterocycles. The van der Waals surface area contributed by atoms with Crippen LogP contribution in [0.1, 0.15) is 32.0 Å². The van der Waals surface area contributed by atoms with Crippen molar-refractivity contribution >= 4 is 11.8 Å². The van der Waals surface area contributed by atoms with Crippen LogP contribution in [-0.4, -0.2) is 21.7 Å². The predicted octanol–water partition coefficient (Wildman–Crippen LogP) is 3.56. The minimum atomic E-state index is 0.250. The summed E-state index contributed by atoms with van der Waals surface area (Å²) in [6, 6.07) is 8.42. The normalized spacial score (nSPS) is 10.9. The standard InChI is InChI=1S/C11H8N2S.C2H6O.C2H6/c1-2-4-10-8(3-1)7-9-11(14-10)13-6-5-12-9;1-2-3;1-2/h1-6H,7H2;3H,2H2,1H3;1-2H3. The van der Waals surface area contributed by atoms with Gasteiger partial charge in [-0.25, -0.2) is 4.98 Å². The Morgan fingerprint density at radius 3 is 2.53 bits per heavy atom. The Morgan fingerprint density at radius 2 is 1.79 bits per heavy atom. The van der Waals surface area contributed by atoms with Crippen molar-refractivity contribution in [2.75, 3.05) is 6.61 Å². The van der Waals surface area contributed by atoms with Gasteiger partial charge in [-0.1, -0.05) is 43.8 Å². The van der Waals surface area contributed by atoms with Gasteiger partial charge in [0, 0.05) is 30.3 Å². The van der Waals surface area contributed by atoms with Crippen LogP contribution in [0.3, 0.4) is 0 Å². The van der Waals surface area contributed by atoms with E-state index in [0.29, 0.717) is 0 Å². The van der Waals surface area contributed by atoms with Crippen LogP contribution in [-0.2, 0) is 6.42 Å². The van der Waals surface area contributed by atoms with Crippen LogP contribution in [0.5, 0.6) is 0 Å². The molecule has 4 heteroatoms. The van der Waals surface area contributed by atoms with Crippen LogP contribution < -0.4 is 0 Å². The molecule has 0 aliphatic carbocycles. The van der Waals surface area contributed by atoms with Crippen LogP contribution >= 0.6 is 11.8 Å². The number of aliphatic hydroxyl groups excluding tert-OH is 1. The molecule has 0 atom stereocenters. The molecule has 0 saturated carbocycles. The molecule has 3 rings (SSSR count). The summed E-state index contributed by atoms with van der Waals surface area (Å²) < 4.78 is 0. The molecule has 0 unspecified atom stereocenters. The summed E-state index contributed by atoms with van der Waals surface area (Å²) in [5, 5.41) is 8.62. The van der Waals surface area contributed by atoms with Gasteiger partial charge in [-0.05, 0) is 18.6 Å². The van der Waals surface area contributed by atoms with Crippen molar-refractivity contribution in [1.82, 2.24) is 9.97 Å². The third-order valence-corrected chi connectivity index (χ3v) is 3.43. The van der Waals surface area contributed by atoms with Gasteiger partial charge in [0.05, 0.1) is 5.69 Å². The largest absolute Gasteiger partial charge is 0.397 e. The van der Waals surface area contributed by atoms with Gasteiger partial charge in [-0.3, -0.25) is 4.98 Å². The zero-order valence-electron chi connectivity index (χ0n) is 11.6. The quantitative estimate of drug-likeness (QED) is 0.682. The molecule has 1 aromatic heterocycles. The maximum absolute atomic E-state index is 7.57. The molecule has 102 valence electrons. The van der Waals surface area contributed by atoms with Gasteiger partial charge in [0.25, 0.3) is 0 Å². The molecule has 1 aromatic carbocycles. The highest BCUT2D eigenvalue weighted by atomic mass is 32.2. The van der Waals surface area contributed by atoms with E-state index in [4.69, 9.17) is 5.11 Å². The zero-order chi connectivity index (χ0) is 14.1. The number of nitrogens with zero attached hydrogens (tertiary/aromatic N) is 2. The molecular formula is C15H20N2OS. The lowest BCUT2D eigenvalue weighted by molar-refractivity contribution is 0.318. The van der Waals surface area contributed by atoms with Crippen molar-refractivity contribution in [3.63, 3.8) is 0 Å². The van der Waals surface area contributed by atoms with Crippen molar-refractivity contribution in [1.29, 1.82) is 0 Å². The number of fused-ring (bicyclic) bond motifs is 2. The molecule has 19 heavy (non-hydrogen) atoms. The predicted molar refractivity (Wildman–Crippen MR) is 79.5 cm³/mol. The Kier molecular flexibility index (Phi) is 7.15. The average molecular weight is 276 g/mol. The number of benzene rings is 1. The molecule has 0 saturated heterocycles. The molecule has 0 spiro atoms. The first-order valence-corrected chi connectivity index (χ1v) is 7.33. The van der Waals surface area contributed by atoms with E-state index in [2.05, 4.69) is 34.2 Å². The Bertz CT molecular complexity index is 416. The van der Waals surface area contributed by atoms with E-state index in [-0.39, 0.29) is 6.61 Å². The fourth-order valence-electron chi connectivity index (χ4n) is 1.59. The third-order valence-electron chi connectivity index (χ3n) is 2.27. The van der Waals surface area contributed by atoms with E-state index in [1.54, 1.807) is 31.1 Å². The summed E-state index contributed by atoms with van der Waals surface area (Å²) in [6.45, 7) is 5.93. The monoisotopic (exact) mass is 276 g/mol. The van der Waals surface area contributed by atoms with Gasteiger partial charge in [0.2, 0.25) is 0 Å². The van der Waals surface area contributed by atoms with E-state index in [1.165, 1.54) is 10.5 Å². The summed E-state index contributed by atoms with van der Waals surface area (Å²) in [4.78, 5) is 9.96. The van der Waals surface area contributed by atoms with Gasteiger partial charge in [0.1, 0.15) is 5.03 Å². The van der Waals surface area contributed by atoms with Crippen LogP contribution in [0.2, 0.25) is 0 Å². The van der Waals surface area contributed by atoms with Crippen LogP contribution in [0.25, 0.3) is 0 Å². The van der Waals surface area contributed by atoms with Gasteiger partial charge in [-0.15, -0.1) is 0 Å². The zero-order valence-corrected chi connectivity index (χ0v) is 12.4. The van der Waals surface area contributed by atoms with Crippen molar-refractivity contribution in [3.05, 3.63) is 47.9 Å². The molecule has 0 fully saturated rings. The molecular weight excluding hydrogens is 256 g/mol. The maximum atomic E-state index is 7.57. The molecule has 2 aromatic rings. The Balaban J connectivity index is 0.000000321. The Morgan fingerprint density at radius 1 is 1.16 bits per heavy atom. The second-order valence-electron chi connectivity index (χ2n) is 3.51. The van der Waals surface area contributed by atoms with Gasteiger partial charge in [0.15, 0.2) is 0 Å². The SMILES string of the molecule is CC.CCO.c1ccc2c(c1)Cc1nccnc1S2. The topological polar surface area (TPSA) is 46.0 Å². The van der Waals surface area contributed by atoms with Crippen LogP contribution in [0, 0.1) is 0 Å². The first-order valence-electron chi connectivity index (χ1n) is 6.51. The molecule has 0 amide bonds. The lowest BCUT2D eigenvalue weighted by Crippen LogP contribution is -2.02. The summed E-state index contributed by atoms with van der Waals surface area (Å²) in [5.41, 5.74) is 2.45. The number of aliphatic hydroxyl groups is 1. The summed E-state index contributed by atoms with van der Waals surface area (Å²) >= 11 is 1.71. The van der Waals surface area contributed by atoms with Gasteiger partial charge < -0.3 is 5.11 Å². The van der Waals surface area contributed by atoms with Gasteiger partial charge in [-0.2, -0.15) is 0 Å². The lowest BCUT2D eigenvalue weighted by Gasteiger charge is -2.15. The number of hydrogen-bond acceptors (Lipinski definition) is 4. The Hall–Kier alpha value is -1.39. The van der Waals surface area contributed by atoms with Crippen LogP contribution in [0.4, 0.5) is 0 Å². The molecule has 1 N–H and O–H groups in total. The third kappa shape index (κ3) is 4.33. The minimum absolute atomic E-state index is 0.250. The lowest BCUT2D eigenvalue weighted by atomic mass is 10.1. The van der Waals surface area contributed by atoms with Crippen molar-refractivity contribution in [2.24, 2.45) is 0 Å². The second-order valence-corrected chi connectivity index (χ2v) is 4.54. The first kappa shape index (κ1) is 15.7. The fourth-order valence-corrected chi connectivity index (χ4v) is 2.58. The second kappa shape index (κ2) is 8.67. The smallest absolute Gasteiger partial charge is 0.123 e. The van der Waals surface area contributed by atoms with Gasteiger partial charge >= 0.3 is 0 Å². The summed E-state index contributed by atoms with van der Waals surface area (Å²) in [5.74, 6) is 0. The van der Waals surface area contributed by atoms with E-state index in [0.717, 1.165) is 17.1 Å². The summed E-state index contributed by atoms with van der Waals surface area (Å²) in [7, 11) is 0. The molecule has 0 bridgehead atoms. The number of rotatable bonds is 0. The fraction of sp³-hybridized carbons (Fsp3) is 0.333. The van der Waals surface area contributed by atoms with Crippen molar-refractivity contribution in [2.45, 2.75) is 37.1 Å². The van der Waals surface area contributed by atoms with E-state index in [9.17, 15) is 0 Å². The van der Waals surface area contributed by atoms with E-state index >= 15 is 0 Å². The molecule has 1 aliphatic rings. The van der Waals surface area contributed by atoms with E-state index in [1.807, 2.05) is 13.8 Å². The molecule has 1 aliphatic heterocycles. The number of hydrogen-bond donors (Lipinski definition) is 1. The summed E-state index contributed by atoms with van der Waals surface area (Å²) in [6.07, 6.45) is 4.42. The Labute approximate surface area is 119 Å². The highest BCUT2D eigenvalue weighted by molar-refractivity contribution is 7.99. The maximum Gasteiger partial charge on any atom is 0.123 e. The molecule has 3 nitrogen and oxygen atoms in total. The van der Waals surface area contributed by atoms with Crippen LogP contribution in [0.15, 0.2) is 46.6 Å². The number of aromatic nitrogens is 2.